The summed E-state index contributed by atoms with van der Waals surface area (Å²) in [5.74, 6) is 0.0562. The molecule has 1 aromatic carbocycles. The van der Waals surface area contributed by atoms with Crippen molar-refractivity contribution >= 4 is 23.5 Å². The molecule has 0 amide bonds. The molecule has 21 heavy (non-hydrogen) atoms. The van der Waals surface area contributed by atoms with E-state index in [-0.39, 0.29) is 18.8 Å². The van der Waals surface area contributed by atoms with Crippen LogP contribution in [0.1, 0.15) is 39.5 Å². The van der Waals surface area contributed by atoms with Crippen LogP contribution in [0.4, 0.5) is 0 Å². The number of carbonyl (C=O) groups is 2. The van der Waals surface area contributed by atoms with E-state index in [1.54, 1.807) is 24.3 Å². The van der Waals surface area contributed by atoms with E-state index >= 15 is 0 Å². The summed E-state index contributed by atoms with van der Waals surface area (Å²) in [6, 6.07) is 6.56. The van der Waals surface area contributed by atoms with Crippen molar-refractivity contribution in [2.75, 3.05) is 6.61 Å². The van der Waals surface area contributed by atoms with Gasteiger partial charge in [-0.1, -0.05) is 37.9 Å². The Morgan fingerprint density at radius 3 is 2.62 bits per heavy atom. The lowest BCUT2D eigenvalue weighted by molar-refractivity contribution is -0.147. The lowest BCUT2D eigenvalue weighted by Crippen LogP contribution is -2.13. The Bertz CT molecular complexity index is 473. The lowest BCUT2D eigenvalue weighted by Gasteiger charge is -2.09. The van der Waals surface area contributed by atoms with Crippen molar-refractivity contribution in [2.24, 2.45) is 5.92 Å². The van der Waals surface area contributed by atoms with Crippen molar-refractivity contribution < 1.29 is 19.1 Å². The molecule has 0 aliphatic carbocycles. The monoisotopic (exact) mass is 312 g/mol. The minimum atomic E-state index is -0.476. The molecule has 1 rings (SSSR count). The standard InChI is InChI=1S/C16H21ClO4/c1-3-12(2)9-10-20-15(18)7-8-16(19)21-14-6-4-5-13(17)11-14/h4-6,11-12H,3,7-10H2,1-2H3. The van der Waals surface area contributed by atoms with Crippen LogP contribution < -0.4 is 4.74 Å². The van der Waals surface area contributed by atoms with Crippen LogP contribution in [0, 0.1) is 5.92 Å². The SMILES string of the molecule is CCC(C)CCOC(=O)CCC(=O)Oc1cccc(Cl)c1. The second-order valence-electron chi connectivity index (χ2n) is 4.95. The van der Waals surface area contributed by atoms with E-state index in [9.17, 15) is 9.59 Å². The van der Waals surface area contributed by atoms with Gasteiger partial charge in [-0.2, -0.15) is 0 Å². The van der Waals surface area contributed by atoms with Gasteiger partial charge in [0.1, 0.15) is 5.75 Å². The first-order valence-corrected chi connectivity index (χ1v) is 7.51. The maximum absolute atomic E-state index is 11.6. The minimum Gasteiger partial charge on any atom is -0.466 e. The molecule has 0 saturated heterocycles. The molecule has 5 heteroatoms. The van der Waals surface area contributed by atoms with E-state index < -0.39 is 5.97 Å². The number of benzene rings is 1. The zero-order valence-corrected chi connectivity index (χ0v) is 13.2. The average Bonchev–Trinajstić information content (AvgIpc) is 2.45. The molecular formula is C16H21ClO4. The van der Waals surface area contributed by atoms with E-state index in [1.165, 1.54) is 0 Å². The van der Waals surface area contributed by atoms with Gasteiger partial charge in [-0.25, -0.2) is 0 Å². The maximum Gasteiger partial charge on any atom is 0.311 e. The zero-order valence-electron chi connectivity index (χ0n) is 12.4. The Balaban J connectivity index is 2.22. The third-order valence-electron chi connectivity index (χ3n) is 3.13. The van der Waals surface area contributed by atoms with Crippen LogP contribution >= 0.6 is 11.6 Å². The second-order valence-corrected chi connectivity index (χ2v) is 5.39. The molecule has 4 nitrogen and oxygen atoms in total. The van der Waals surface area contributed by atoms with E-state index in [1.807, 2.05) is 0 Å². The Morgan fingerprint density at radius 1 is 1.24 bits per heavy atom. The first kappa shape index (κ1) is 17.5. The van der Waals surface area contributed by atoms with Gasteiger partial charge < -0.3 is 9.47 Å². The summed E-state index contributed by atoms with van der Waals surface area (Å²) in [5.41, 5.74) is 0. The normalized spacial score (nSPS) is 11.8. The summed E-state index contributed by atoms with van der Waals surface area (Å²) in [7, 11) is 0. The number of carbonyl (C=O) groups excluding carboxylic acids is 2. The van der Waals surface area contributed by atoms with Crippen LogP contribution in [0.15, 0.2) is 24.3 Å². The second kappa shape index (κ2) is 9.40. The Labute approximate surface area is 130 Å². The smallest absolute Gasteiger partial charge is 0.311 e. The molecule has 0 bridgehead atoms. The van der Waals surface area contributed by atoms with Crippen LogP contribution in [0.5, 0.6) is 5.75 Å². The molecule has 1 unspecified atom stereocenters. The van der Waals surface area contributed by atoms with Crippen LogP contribution in [0.2, 0.25) is 5.02 Å². The molecule has 0 aromatic heterocycles. The average molecular weight is 313 g/mol. The fraction of sp³-hybridized carbons (Fsp3) is 0.500. The van der Waals surface area contributed by atoms with Gasteiger partial charge in [-0.05, 0) is 30.5 Å². The van der Waals surface area contributed by atoms with Gasteiger partial charge >= 0.3 is 11.9 Å². The molecular weight excluding hydrogens is 292 g/mol. The maximum atomic E-state index is 11.6. The van der Waals surface area contributed by atoms with E-state index in [2.05, 4.69) is 13.8 Å². The van der Waals surface area contributed by atoms with Crippen molar-refractivity contribution in [1.29, 1.82) is 0 Å². The molecule has 0 aliphatic rings. The summed E-state index contributed by atoms with van der Waals surface area (Å²) >= 11 is 5.79. The minimum absolute atomic E-state index is 0.00528. The number of hydrogen-bond donors (Lipinski definition) is 0. The number of esters is 2. The fourth-order valence-electron chi connectivity index (χ4n) is 1.57. The third kappa shape index (κ3) is 7.71. The Kier molecular flexibility index (Phi) is 7.83. The first-order chi connectivity index (χ1) is 10.0. The van der Waals surface area contributed by atoms with Gasteiger partial charge in [0.05, 0.1) is 19.4 Å². The molecule has 0 heterocycles. The zero-order chi connectivity index (χ0) is 15.7. The topological polar surface area (TPSA) is 52.6 Å². The lowest BCUT2D eigenvalue weighted by atomic mass is 10.1. The Morgan fingerprint density at radius 2 is 1.95 bits per heavy atom. The predicted octanol–water partition coefficient (Wildman–Crippen LogP) is 4.01. The van der Waals surface area contributed by atoms with Crippen LogP contribution in [0.3, 0.4) is 0 Å². The summed E-state index contributed by atoms with van der Waals surface area (Å²) in [5, 5.41) is 0.491. The summed E-state index contributed by atoms with van der Waals surface area (Å²) in [6.07, 6.45) is 1.92. The van der Waals surface area contributed by atoms with Gasteiger partial charge in [0, 0.05) is 5.02 Å². The van der Waals surface area contributed by atoms with E-state index in [0.29, 0.717) is 23.3 Å². The van der Waals surface area contributed by atoms with Crippen LogP contribution in [0.25, 0.3) is 0 Å². The van der Waals surface area contributed by atoms with Crippen LogP contribution in [-0.4, -0.2) is 18.5 Å². The van der Waals surface area contributed by atoms with E-state index in [0.717, 1.165) is 12.8 Å². The molecule has 0 saturated carbocycles. The predicted molar refractivity (Wildman–Crippen MR) is 81.4 cm³/mol. The van der Waals surface area contributed by atoms with Crippen molar-refractivity contribution in [2.45, 2.75) is 39.5 Å². The summed E-state index contributed by atoms with van der Waals surface area (Å²) < 4.78 is 10.1. The fourth-order valence-corrected chi connectivity index (χ4v) is 1.75. The first-order valence-electron chi connectivity index (χ1n) is 7.13. The van der Waals surface area contributed by atoms with Gasteiger partial charge in [0.15, 0.2) is 0 Å². The van der Waals surface area contributed by atoms with E-state index in [4.69, 9.17) is 21.1 Å². The number of hydrogen-bond acceptors (Lipinski definition) is 4. The number of ether oxygens (including phenoxy) is 2. The van der Waals surface area contributed by atoms with Gasteiger partial charge in [0.25, 0.3) is 0 Å². The van der Waals surface area contributed by atoms with Gasteiger partial charge in [-0.15, -0.1) is 0 Å². The third-order valence-corrected chi connectivity index (χ3v) is 3.37. The molecule has 0 aliphatic heterocycles. The van der Waals surface area contributed by atoms with Crippen molar-refractivity contribution in [1.82, 2.24) is 0 Å². The highest BCUT2D eigenvalue weighted by Crippen LogP contribution is 2.17. The summed E-state index contributed by atoms with van der Waals surface area (Å²) in [4.78, 5) is 23.1. The Hall–Kier alpha value is -1.55. The van der Waals surface area contributed by atoms with Crippen molar-refractivity contribution in [3.63, 3.8) is 0 Å². The summed E-state index contributed by atoms with van der Waals surface area (Å²) in [6.45, 7) is 4.60. The van der Waals surface area contributed by atoms with Gasteiger partial charge in [0.2, 0.25) is 0 Å². The van der Waals surface area contributed by atoms with Gasteiger partial charge in [-0.3, -0.25) is 9.59 Å². The largest absolute Gasteiger partial charge is 0.466 e. The highest BCUT2D eigenvalue weighted by molar-refractivity contribution is 6.30. The molecule has 0 fully saturated rings. The quantitative estimate of drug-likeness (QED) is 0.537. The van der Waals surface area contributed by atoms with Crippen LogP contribution in [-0.2, 0) is 14.3 Å². The molecule has 1 aromatic rings. The van der Waals surface area contributed by atoms with Crippen molar-refractivity contribution in [3.05, 3.63) is 29.3 Å². The molecule has 116 valence electrons. The highest BCUT2D eigenvalue weighted by atomic mass is 35.5. The van der Waals surface area contributed by atoms with Crippen molar-refractivity contribution in [3.8, 4) is 5.75 Å². The molecule has 0 radical (unpaired) electrons. The molecule has 1 atom stereocenters. The molecule has 0 N–H and O–H groups in total. The number of rotatable bonds is 8. The number of halogens is 1. The highest BCUT2D eigenvalue weighted by Gasteiger charge is 2.10. The molecule has 0 spiro atoms.